The lowest BCUT2D eigenvalue weighted by molar-refractivity contribution is -0.184. The maximum atomic E-state index is 11.7. The zero-order chi connectivity index (χ0) is 12.2. The Morgan fingerprint density at radius 1 is 1.38 bits per heavy atom. The SMILES string of the molecule is Cc1ccccc1C(=O)NOCC(F)(F)F. The first-order valence-electron chi connectivity index (χ1n) is 4.44. The lowest BCUT2D eigenvalue weighted by atomic mass is 10.1. The fraction of sp³-hybridized carbons (Fsp3) is 0.300. The van der Waals surface area contributed by atoms with Gasteiger partial charge >= 0.3 is 6.18 Å². The molecule has 0 unspecified atom stereocenters. The number of hydroxylamine groups is 1. The molecule has 0 saturated carbocycles. The summed E-state index contributed by atoms with van der Waals surface area (Å²) >= 11 is 0. The van der Waals surface area contributed by atoms with Crippen molar-refractivity contribution < 1.29 is 22.8 Å². The number of carbonyl (C=O) groups excluding carboxylic acids is 1. The number of carbonyl (C=O) groups is 1. The molecule has 0 aliphatic rings. The van der Waals surface area contributed by atoms with Crippen molar-refractivity contribution in [2.45, 2.75) is 13.1 Å². The predicted molar refractivity (Wildman–Crippen MR) is 50.7 cm³/mol. The molecule has 0 atom stereocenters. The zero-order valence-corrected chi connectivity index (χ0v) is 8.47. The van der Waals surface area contributed by atoms with E-state index < -0.39 is 18.7 Å². The Hall–Kier alpha value is -1.56. The number of alkyl halides is 3. The van der Waals surface area contributed by atoms with Crippen molar-refractivity contribution in [2.75, 3.05) is 6.61 Å². The highest BCUT2D eigenvalue weighted by molar-refractivity contribution is 5.94. The van der Waals surface area contributed by atoms with Gasteiger partial charge in [-0.25, -0.2) is 5.48 Å². The van der Waals surface area contributed by atoms with E-state index in [4.69, 9.17) is 0 Å². The van der Waals surface area contributed by atoms with Gasteiger partial charge in [-0.1, -0.05) is 18.2 Å². The Morgan fingerprint density at radius 2 is 2.00 bits per heavy atom. The lowest BCUT2D eigenvalue weighted by Gasteiger charge is -2.09. The van der Waals surface area contributed by atoms with Crippen molar-refractivity contribution in [3.8, 4) is 0 Å². The highest BCUT2D eigenvalue weighted by atomic mass is 19.4. The molecular weight excluding hydrogens is 223 g/mol. The van der Waals surface area contributed by atoms with Crippen LogP contribution in [-0.4, -0.2) is 18.7 Å². The van der Waals surface area contributed by atoms with Gasteiger partial charge < -0.3 is 0 Å². The number of halogens is 3. The second kappa shape index (κ2) is 4.98. The van der Waals surface area contributed by atoms with Crippen LogP contribution < -0.4 is 5.48 Å². The first-order valence-corrected chi connectivity index (χ1v) is 4.44. The molecule has 0 aromatic heterocycles. The molecular formula is C10H10F3NO2. The van der Waals surface area contributed by atoms with E-state index in [-0.39, 0.29) is 5.56 Å². The molecule has 6 heteroatoms. The topological polar surface area (TPSA) is 38.3 Å². The third kappa shape index (κ3) is 3.90. The molecule has 0 bridgehead atoms. The number of benzene rings is 1. The molecule has 16 heavy (non-hydrogen) atoms. The Morgan fingerprint density at radius 3 is 2.56 bits per heavy atom. The first-order chi connectivity index (χ1) is 7.40. The summed E-state index contributed by atoms with van der Waals surface area (Å²) in [6.45, 7) is 0.170. The van der Waals surface area contributed by atoms with Gasteiger partial charge in [0.05, 0.1) is 0 Å². The van der Waals surface area contributed by atoms with Crippen LogP contribution in [0, 0.1) is 6.92 Å². The summed E-state index contributed by atoms with van der Waals surface area (Å²) < 4.78 is 35.1. The molecule has 1 amide bonds. The lowest BCUT2D eigenvalue weighted by Crippen LogP contribution is -2.29. The zero-order valence-electron chi connectivity index (χ0n) is 8.47. The van der Waals surface area contributed by atoms with Crippen LogP contribution in [0.4, 0.5) is 13.2 Å². The Kier molecular flexibility index (Phi) is 3.89. The molecule has 0 spiro atoms. The maximum absolute atomic E-state index is 11.7. The van der Waals surface area contributed by atoms with Crippen LogP contribution in [-0.2, 0) is 4.84 Å². The molecule has 0 aliphatic heterocycles. The van der Waals surface area contributed by atoms with E-state index in [1.807, 2.05) is 0 Å². The standard InChI is InChI=1S/C10H10F3NO2/c1-7-4-2-3-5-8(7)9(15)14-16-6-10(11,12)13/h2-5H,6H2,1H3,(H,14,15). The Balaban J connectivity index is 2.51. The third-order valence-electron chi connectivity index (χ3n) is 1.79. The van der Waals surface area contributed by atoms with E-state index >= 15 is 0 Å². The Bertz CT molecular complexity index is 377. The van der Waals surface area contributed by atoms with Crippen LogP contribution in [0.15, 0.2) is 24.3 Å². The van der Waals surface area contributed by atoms with E-state index in [0.29, 0.717) is 5.56 Å². The molecule has 0 fully saturated rings. The monoisotopic (exact) mass is 233 g/mol. The average molecular weight is 233 g/mol. The summed E-state index contributed by atoms with van der Waals surface area (Å²) in [6.07, 6.45) is -4.46. The van der Waals surface area contributed by atoms with Crippen molar-refractivity contribution in [3.05, 3.63) is 35.4 Å². The van der Waals surface area contributed by atoms with Crippen LogP contribution in [0.1, 0.15) is 15.9 Å². The predicted octanol–water partition coefficient (Wildman–Crippen LogP) is 2.22. The largest absolute Gasteiger partial charge is 0.414 e. The van der Waals surface area contributed by atoms with Gasteiger partial charge in [0.1, 0.15) is 0 Å². The molecule has 0 saturated heterocycles. The van der Waals surface area contributed by atoms with E-state index in [2.05, 4.69) is 4.84 Å². The van der Waals surface area contributed by atoms with Crippen LogP contribution >= 0.6 is 0 Å². The smallest absolute Gasteiger partial charge is 0.267 e. The van der Waals surface area contributed by atoms with Gasteiger partial charge in [-0.2, -0.15) is 13.2 Å². The van der Waals surface area contributed by atoms with Gasteiger partial charge in [0, 0.05) is 5.56 Å². The summed E-state index contributed by atoms with van der Waals surface area (Å²) in [5.41, 5.74) is 2.68. The third-order valence-corrected chi connectivity index (χ3v) is 1.79. The van der Waals surface area contributed by atoms with Crippen molar-refractivity contribution in [3.63, 3.8) is 0 Å². The van der Waals surface area contributed by atoms with Crippen molar-refractivity contribution in [1.82, 2.24) is 5.48 Å². The molecule has 1 rings (SSSR count). The first kappa shape index (κ1) is 12.5. The number of hydrogen-bond donors (Lipinski definition) is 1. The fourth-order valence-electron chi connectivity index (χ4n) is 1.07. The summed E-state index contributed by atoms with van der Waals surface area (Å²) in [5.74, 6) is -0.692. The van der Waals surface area contributed by atoms with Gasteiger partial charge in [0.25, 0.3) is 5.91 Å². The molecule has 3 nitrogen and oxygen atoms in total. The minimum Gasteiger partial charge on any atom is -0.267 e. The van der Waals surface area contributed by atoms with Gasteiger partial charge in [-0.05, 0) is 18.6 Å². The van der Waals surface area contributed by atoms with Gasteiger partial charge in [-0.15, -0.1) is 0 Å². The molecule has 1 aromatic rings. The maximum Gasteiger partial charge on any atom is 0.414 e. The number of rotatable bonds is 3. The molecule has 0 heterocycles. The average Bonchev–Trinajstić information content (AvgIpc) is 2.16. The molecule has 0 radical (unpaired) electrons. The van der Waals surface area contributed by atoms with Crippen LogP contribution in [0.5, 0.6) is 0 Å². The van der Waals surface area contributed by atoms with E-state index in [9.17, 15) is 18.0 Å². The van der Waals surface area contributed by atoms with Gasteiger partial charge in [0.2, 0.25) is 0 Å². The summed E-state index contributed by atoms with van der Waals surface area (Å²) in [6, 6.07) is 6.52. The van der Waals surface area contributed by atoms with E-state index in [0.717, 1.165) is 0 Å². The van der Waals surface area contributed by atoms with Crippen molar-refractivity contribution >= 4 is 5.91 Å². The van der Waals surface area contributed by atoms with Crippen LogP contribution in [0.2, 0.25) is 0 Å². The normalized spacial score (nSPS) is 11.2. The second-order valence-electron chi connectivity index (χ2n) is 3.15. The van der Waals surface area contributed by atoms with E-state index in [1.165, 1.54) is 6.07 Å². The van der Waals surface area contributed by atoms with Crippen molar-refractivity contribution in [1.29, 1.82) is 0 Å². The molecule has 88 valence electrons. The molecule has 1 N–H and O–H groups in total. The molecule has 0 aliphatic carbocycles. The summed E-state index contributed by atoms with van der Waals surface area (Å²) in [4.78, 5) is 15.4. The number of hydrogen-bond acceptors (Lipinski definition) is 2. The highest BCUT2D eigenvalue weighted by Crippen LogP contribution is 2.14. The fourth-order valence-corrected chi connectivity index (χ4v) is 1.07. The Labute approximate surface area is 90.2 Å². The van der Waals surface area contributed by atoms with Crippen LogP contribution in [0.25, 0.3) is 0 Å². The number of amides is 1. The highest BCUT2D eigenvalue weighted by Gasteiger charge is 2.28. The minimum atomic E-state index is -4.46. The number of nitrogens with one attached hydrogen (secondary N) is 1. The quantitative estimate of drug-likeness (QED) is 0.813. The number of aryl methyl sites for hydroxylation is 1. The second-order valence-corrected chi connectivity index (χ2v) is 3.15. The summed E-state index contributed by atoms with van der Waals surface area (Å²) in [7, 11) is 0. The van der Waals surface area contributed by atoms with Gasteiger partial charge in [0.15, 0.2) is 6.61 Å². The van der Waals surface area contributed by atoms with E-state index in [1.54, 1.807) is 30.6 Å². The summed E-state index contributed by atoms with van der Waals surface area (Å²) in [5, 5.41) is 0. The molecule has 1 aromatic carbocycles. The van der Waals surface area contributed by atoms with Gasteiger partial charge in [-0.3, -0.25) is 9.63 Å². The van der Waals surface area contributed by atoms with Crippen molar-refractivity contribution in [2.24, 2.45) is 0 Å². The van der Waals surface area contributed by atoms with Crippen LogP contribution in [0.3, 0.4) is 0 Å². The minimum absolute atomic E-state index is 0.282.